The van der Waals surface area contributed by atoms with Crippen molar-refractivity contribution in [3.63, 3.8) is 0 Å². The van der Waals surface area contributed by atoms with E-state index in [2.05, 4.69) is 10.6 Å². The molecule has 92 valence electrons. The summed E-state index contributed by atoms with van der Waals surface area (Å²) < 4.78 is 0. The zero-order valence-electron chi connectivity index (χ0n) is 8.98. The maximum Gasteiger partial charge on any atom is 0.328 e. The highest BCUT2D eigenvalue weighted by atomic mass is 16.4. The molecule has 5 N–H and O–H groups in total. The lowest BCUT2D eigenvalue weighted by Crippen LogP contribution is -2.52. The number of carboxylic acids is 1. The Kier molecular flexibility index (Phi) is 5.86. The Morgan fingerprint density at radius 3 is 2.19 bits per heavy atom. The molecule has 0 saturated heterocycles. The highest BCUT2D eigenvalue weighted by Crippen LogP contribution is 1.85. The Morgan fingerprint density at radius 1 is 1.25 bits per heavy atom. The molecule has 0 bridgehead atoms. The van der Waals surface area contributed by atoms with E-state index in [-0.39, 0.29) is 0 Å². The summed E-state index contributed by atoms with van der Waals surface area (Å²) in [6, 6.07) is -3.02. The van der Waals surface area contributed by atoms with Crippen LogP contribution in [0.25, 0.3) is 0 Å². The predicted octanol–water partition coefficient (Wildman–Crippen LogP) is -2.13. The number of aliphatic carboxylic acids is 1. The van der Waals surface area contributed by atoms with E-state index < -0.39 is 36.6 Å². The first-order chi connectivity index (χ1) is 7.42. The van der Waals surface area contributed by atoms with Crippen molar-refractivity contribution in [3.05, 3.63) is 0 Å². The number of carbonyl (C=O) groups excluding carboxylic acids is 2. The van der Waals surface area contributed by atoms with Crippen molar-refractivity contribution in [2.45, 2.75) is 19.0 Å². The fourth-order valence-electron chi connectivity index (χ4n) is 0.864. The van der Waals surface area contributed by atoms with Gasteiger partial charge in [-0.05, 0) is 6.92 Å². The third kappa shape index (κ3) is 4.60. The molecular weight excluding hydrogens is 218 g/mol. The second-order valence-corrected chi connectivity index (χ2v) is 3.03. The van der Waals surface area contributed by atoms with Crippen molar-refractivity contribution >= 4 is 17.9 Å². The van der Waals surface area contributed by atoms with Crippen LogP contribution < -0.4 is 16.0 Å². The quantitative estimate of drug-likeness (QED) is 0.370. The van der Waals surface area contributed by atoms with Crippen LogP contribution in [0.2, 0.25) is 0 Å². The van der Waals surface area contributed by atoms with Crippen LogP contribution in [0.4, 0.5) is 4.79 Å². The minimum atomic E-state index is -1.39. The van der Waals surface area contributed by atoms with E-state index in [1.165, 1.54) is 14.0 Å². The average Bonchev–Trinajstić information content (AvgIpc) is 2.23. The molecule has 3 amide bonds. The van der Waals surface area contributed by atoms with E-state index >= 15 is 0 Å². The lowest BCUT2D eigenvalue weighted by Gasteiger charge is -2.15. The summed E-state index contributed by atoms with van der Waals surface area (Å²) in [4.78, 5) is 32.6. The van der Waals surface area contributed by atoms with Gasteiger partial charge in [0.25, 0.3) is 0 Å². The average molecular weight is 233 g/mol. The number of carboxylic acid groups (broad SMARTS) is 1. The van der Waals surface area contributed by atoms with E-state index in [0.717, 1.165) is 0 Å². The van der Waals surface area contributed by atoms with Crippen molar-refractivity contribution in [1.82, 2.24) is 16.0 Å². The van der Waals surface area contributed by atoms with Crippen LogP contribution in [-0.4, -0.2) is 53.9 Å². The molecule has 2 atom stereocenters. The van der Waals surface area contributed by atoms with Gasteiger partial charge in [0.1, 0.15) is 6.04 Å². The van der Waals surface area contributed by atoms with Gasteiger partial charge in [-0.2, -0.15) is 0 Å². The van der Waals surface area contributed by atoms with Gasteiger partial charge in [0, 0.05) is 7.05 Å². The van der Waals surface area contributed by atoms with Gasteiger partial charge in [-0.25, -0.2) is 9.59 Å². The van der Waals surface area contributed by atoms with Crippen molar-refractivity contribution in [2.75, 3.05) is 13.7 Å². The van der Waals surface area contributed by atoms with Crippen molar-refractivity contribution in [2.24, 2.45) is 0 Å². The number of amides is 3. The van der Waals surface area contributed by atoms with Crippen molar-refractivity contribution < 1.29 is 24.6 Å². The summed E-state index contributed by atoms with van der Waals surface area (Å²) in [6.07, 6.45) is 0. The lowest BCUT2D eigenvalue weighted by molar-refractivity contribution is -0.140. The number of aliphatic hydroxyl groups is 1. The number of hydrogen-bond acceptors (Lipinski definition) is 4. The summed E-state index contributed by atoms with van der Waals surface area (Å²) in [5.74, 6) is -1.77. The van der Waals surface area contributed by atoms with Gasteiger partial charge in [-0.15, -0.1) is 0 Å². The highest BCUT2D eigenvalue weighted by Gasteiger charge is 2.20. The fourth-order valence-corrected chi connectivity index (χ4v) is 0.864. The fraction of sp³-hybridized carbons (Fsp3) is 0.625. The molecule has 16 heavy (non-hydrogen) atoms. The maximum atomic E-state index is 11.2. The third-order valence-electron chi connectivity index (χ3n) is 1.77. The molecule has 8 heteroatoms. The molecule has 0 aromatic rings. The number of nitrogens with one attached hydrogen (secondary N) is 3. The second kappa shape index (κ2) is 6.62. The Morgan fingerprint density at radius 2 is 1.81 bits per heavy atom. The summed E-state index contributed by atoms with van der Waals surface area (Å²) >= 11 is 0. The van der Waals surface area contributed by atoms with Crippen LogP contribution in [0.5, 0.6) is 0 Å². The molecule has 0 aliphatic rings. The molecule has 0 fully saturated rings. The van der Waals surface area contributed by atoms with Gasteiger partial charge in [-0.1, -0.05) is 0 Å². The summed E-state index contributed by atoms with van der Waals surface area (Å²) in [5, 5.41) is 23.7. The van der Waals surface area contributed by atoms with Crippen molar-refractivity contribution in [1.29, 1.82) is 0 Å². The molecule has 8 nitrogen and oxygen atoms in total. The minimum Gasteiger partial charge on any atom is -0.480 e. The molecule has 0 aromatic carbocycles. The SMILES string of the molecule is CNC(=O)C(C)NC(=O)NC(CO)C(=O)O. The Hall–Kier alpha value is -1.83. The van der Waals surface area contributed by atoms with Gasteiger partial charge >= 0.3 is 12.0 Å². The zero-order chi connectivity index (χ0) is 12.7. The first-order valence-corrected chi connectivity index (χ1v) is 4.54. The zero-order valence-corrected chi connectivity index (χ0v) is 8.98. The maximum absolute atomic E-state index is 11.2. The molecule has 0 heterocycles. The molecule has 0 aliphatic heterocycles. The number of hydrogen-bond donors (Lipinski definition) is 5. The number of urea groups is 1. The van der Waals surface area contributed by atoms with Crippen LogP contribution in [0.3, 0.4) is 0 Å². The molecule has 0 aliphatic carbocycles. The smallest absolute Gasteiger partial charge is 0.328 e. The molecule has 0 aromatic heterocycles. The topological polar surface area (TPSA) is 128 Å². The predicted molar refractivity (Wildman–Crippen MR) is 53.7 cm³/mol. The summed E-state index contributed by atoms with van der Waals surface area (Å²) in [7, 11) is 1.41. The van der Waals surface area contributed by atoms with Gasteiger partial charge < -0.3 is 26.2 Å². The largest absolute Gasteiger partial charge is 0.480 e. The Labute approximate surface area is 92.0 Å². The van der Waals surface area contributed by atoms with Crippen LogP contribution >= 0.6 is 0 Å². The standard InChI is InChI=1S/C8H15N3O5/c1-4(6(13)9-2)10-8(16)11-5(3-12)7(14)15/h4-5,12H,3H2,1-2H3,(H,9,13)(H,14,15)(H2,10,11,16). The number of carbonyl (C=O) groups is 3. The van der Waals surface area contributed by atoms with E-state index in [1.807, 2.05) is 5.32 Å². The molecule has 0 spiro atoms. The van der Waals surface area contributed by atoms with Gasteiger partial charge in [-0.3, -0.25) is 4.79 Å². The van der Waals surface area contributed by atoms with Gasteiger partial charge in [0.05, 0.1) is 6.61 Å². The summed E-state index contributed by atoms with van der Waals surface area (Å²) in [6.45, 7) is 0.713. The number of rotatable bonds is 5. The van der Waals surface area contributed by atoms with Crippen LogP contribution in [0.15, 0.2) is 0 Å². The molecule has 2 unspecified atom stereocenters. The molecule has 0 radical (unpaired) electrons. The van der Waals surface area contributed by atoms with Gasteiger partial charge in [0.15, 0.2) is 6.04 Å². The van der Waals surface area contributed by atoms with E-state index in [1.54, 1.807) is 0 Å². The van der Waals surface area contributed by atoms with Crippen LogP contribution in [0, 0.1) is 0 Å². The number of likely N-dealkylation sites (N-methyl/N-ethyl adjacent to an activating group) is 1. The normalized spacial score (nSPS) is 13.4. The van der Waals surface area contributed by atoms with E-state index in [9.17, 15) is 14.4 Å². The summed E-state index contributed by atoms with van der Waals surface area (Å²) in [5.41, 5.74) is 0. The minimum absolute atomic E-state index is 0.411. The first kappa shape index (κ1) is 14.2. The van der Waals surface area contributed by atoms with Gasteiger partial charge in [0.2, 0.25) is 5.91 Å². The number of aliphatic hydroxyl groups excluding tert-OH is 1. The van der Waals surface area contributed by atoms with E-state index in [4.69, 9.17) is 10.2 Å². The molecular formula is C8H15N3O5. The third-order valence-corrected chi connectivity index (χ3v) is 1.77. The van der Waals surface area contributed by atoms with E-state index in [0.29, 0.717) is 0 Å². The monoisotopic (exact) mass is 233 g/mol. The lowest BCUT2D eigenvalue weighted by atomic mass is 10.3. The highest BCUT2D eigenvalue weighted by molar-refractivity contribution is 5.88. The second-order valence-electron chi connectivity index (χ2n) is 3.03. The Balaban J connectivity index is 4.17. The Bertz CT molecular complexity index is 281. The first-order valence-electron chi connectivity index (χ1n) is 4.54. The van der Waals surface area contributed by atoms with Crippen LogP contribution in [0.1, 0.15) is 6.92 Å². The van der Waals surface area contributed by atoms with Crippen molar-refractivity contribution in [3.8, 4) is 0 Å². The van der Waals surface area contributed by atoms with Crippen LogP contribution in [-0.2, 0) is 9.59 Å². The molecule has 0 saturated carbocycles. The molecule has 0 rings (SSSR count).